The zero-order valence-electron chi connectivity index (χ0n) is 12.4. The summed E-state index contributed by atoms with van der Waals surface area (Å²) in [6, 6.07) is 2.62. The third-order valence-electron chi connectivity index (χ3n) is 3.70. The fourth-order valence-electron chi connectivity index (χ4n) is 2.50. The molecule has 19 heavy (non-hydrogen) atoms. The highest BCUT2D eigenvalue weighted by molar-refractivity contribution is 9.10. The van der Waals surface area contributed by atoms with Gasteiger partial charge >= 0.3 is 0 Å². The lowest BCUT2D eigenvalue weighted by Crippen LogP contribution is -2.34. The number of anilines is 1. The fourth-order valence-corrected chi connectivity index (χ4v) is 2.88. The summed E-state index contributed by atoms with van der Waals surface area (Å²) in [5.74, 6) is 1.98. The first-order chi connectivity index (χ1) is 8.88. The smallest absolute Gasteiger partial charge is 0.137 e. The molecule has 0 aromatic carbocycles. The largest absolute Gasteiger partial charge is 0.354 e. The van der Waals surface area contributed by atoms with Crippen LogP contribution in [-0.4, -0.2) is 22.6 Å². The van der Waals surface area contributed by atoms with Gasteiger partial charge in [0.15, 0.2) is 0 Å². The number of nitrogens with zero attached hydrogens (tertiary/aromatic N) is 3. The van der Waals surface area contributed by atoms with Gasteiger partial charge < -0.3 is 4.90 Å². The number of aromatic nitrogens is 2. The van der Waals surface area contributed by atoms with Crippen LogP contribution in [0, 0.1) is 0 Å². The molecule has 0 aliphatic carbocycles. The molecule has 1 aromatic heterocycles. The van der Waals surface area contributed by atoms with E-state index in [0.29, 0.717) is 6.04 Å². The van der Waals surface area contributed by atoms with Gasteiger partial charge in [-0.3, -0.25) is 0 Å². The molecule has 3 nitrogen and oxygen atoms in total. The van der Waals surface area contributed by atoms with Crippen LogP contribution in [-0.2, 0) is 5.41 Å². The molecular weight excluding hydrogens is 302 g/mol. The average molecular weight is 326 g/mol. The molecule has 0 N–H and O–H groups in total. The first-order valence-corrected chi connectivity index (χ1v) is 7.99. The van der Waals surface area contributed by atoms with E-state index in [2.05, 4.69) is 59.6 Å². The monoisotopic (exact) mass is 325 g/mol. The predicted octanol–water partition coefficient (Wildman–Crippen LogP) is 4.31. The van der Waals surface area contributed by atoms with Crippen molar-refractivity contribution in [2.24, 2.45) is 0 Å². The van der Waals surface area contributed by atoms with Gasteiger partial charge in [-0.25, -0.2) is 9.97 Å². The van der Waals surface area contributed by atoms with Crippen LogP contribution < -0.4 is 4.90 Å². The van der Waals surface area contributed by atoms with Gasteiger partial charge in [-0.05, 0) is 35.7 Å². The summed E-state index contributed by atoms with van der Waals surface area (Å²) in [5, 5.41) is 0. The summed E-state index contributed by atoms with van der Waals surface area (Å²) in [6.07, 6.45) is 5.18. The zero-order valence-corrected chi connectivity index (χ0v) is 14.0. The van der Waals surface area contributed by atoms with Gasteiger partial charge in [0, 0.05) is 24.1 Å². The number of hydrogen-bond donors (Lipinski definition) is 0. The van der Waals surface area contributed by atoms with Crippen LogP contribution in [0.4, 0.5) is 5.82 Å². The summed E-state index contributed by atoms with van der Waals surface area (Å²) >= 11 is 3.53. The van der Waals surface area contributed by atoms with E-state index < -0.39 is 0 Å². The summed E-state index contributed by atoms with van der Waals surface area (Å²) < 4.78 is 0.888. The zero-order chi connectivity index (χ0) is 14.0. The molecule has 4 heteroatoms. The molecule has 1 unspecified atom stereocenters. The van der Waals surface area contributed by atoms with Crippen LogP contribution in [0.5, 0.6) is 0 Å². The SMILES string of the molecule is CC1CCCCCN1c1cc(Br)nc(C(C)(C)C)n1. The molecule has 2 heterocycles. The van der Waals surface area contributed by atoms with Gasteiger partial charge in [0.2, 0.25) is 0 Å². The minimum atomic E-state index is -0.0202. The van der Waals surface area contributed by atoms with Crippen molar-refractivity contribution in [2.45, 2.75) is 64.8 Å². The van der Waals surface area contributed by atoms with Crippen molar-refractivity contribution in [3.63, 3.8) is 0 Å². The second kappa shape index (κ2) is 5.78. The second-order valence-corrected chi connectivity index (χ2v) is 7.33. The molecule has 1 saturated heterocycles. The van der Waals surface area contributed by atoms with Gasteiger partial charge in [-0.2, -0.15) is 0 Å². The molecular formula is C15H24BrN3. The first kappa shape index (κ1) is 14.8. The Bertz CT molecular complexity index is 440. The van der Waals surface area contributed by atoms with Crippen LogP contribution >= 0.6 is 15.9 Å². The minimum Gasteiger partial charge on any atom is -0.354 e. The van der Waals surface area contributed by atoms with E-state index in [0.717, 1.165) is 22.8 Å². The Morgan fingerprint density at radius 1 is 1.21 bits per heavy atom. The van der Waals surface area contributed by atoms with E-state index in [9.17, 15) is 0 Å². The number of rotatable bonds is 1. The topological polar surface area (TPSA) is 29.0 Å². The van der Waals surface area contributed by atoms with E-state index in [1.165, 1.54) is 25.7 Å². The maximum Gasteiger partial charge on any atom is 0.137 e. The lowest BCUT2D eigenvalue weighted by Gasteiger charge is -2.29. The van der Waals surface area contributed by atoms with E-state index in [-0.39, 0.29) is 5.41 Å². The van der Waals surface area contributed by atoms with Crippen LogP contribution in [0.25, 0.3) is 0 Å². The van der Waals surface area contributed by atoms with Gasteiger partial charge in [0.05, 0.1) is 0 Å². The number of hydrogen-bond acceptors (Lipinski definition) is 3. The third kappa shape index (κ3) is 3.68. The molecule has 0 spiro atoms. The van der Waals surface area contributed by atoms with Gasteiger partial charge in [-0.15, -0.1) is 0 Å². The summed E-state index contributed by atoms with van der Waals surface area (Å²) in [5.41, 5.74) is -0.0202. The van der Waals surface area contributed by atoms with E-state index in [4.69, 9.17) is 4.98 Å². The average Bonchev–Trinajstić information content (AvgIpc) is 2.52. The van der Waals surface area contributed by atoms with Crippen LogP contribution in [0.15, 0.2) is 10.7 Å². The molecule has 2 rings (SSSR count). The quantitative estimate of drug-likeness (QED) is 0.720. The summed E-state index contributed by atoms with van der Waals surface area (Å²) in [7, 11) is 0. The molecule has 0 radical (unpaired) electrons. The molecule has 1 aliphatic heterocycles. The highest BCUT2D eigenvalue weighted by Gasteiger charge is 2.23. The Kier molecular flexibility index (Phi) is 4.49. The lowest BCUT2D eigenvalue weighted by atomic mass is 9.96. The normalized spacial score (nSPS) is 21.3. The van der Waals surface area contributed by atoms with Crippen LogP contribution in [0.2, 0.25) is 0 Å². The summed E-state index contributed by atoms with van der Waals surface area (Å²) in [6.45, 7) is 9.88. The van der Waals surface area contributed by atoms with Crippen molar-refractivity contribution in [1.29, 1.82) is 0 Å². The Labute approximate surface area is 125 Å². The van der Waals surface area contributed by atoms with Crippen molar-refractivity contribution >= 4 is 21.7 Å². The van der Waals surface area contributed by atoms with E-state index in [1.807, 2.05) is 0 Å². The second-order valence-electron chi connectivity index (χ2n) is 6.51. The molecule has 1 aliphatic rings. The molecule has 1 aromatic rings. The first-order valence-electron chi connectivity index (χ1n) is 7.19. The fraction of sp³-hybridized carbons (Fsp3) is 0.733. The highest BCUT2D eigenvalue weighted by Crippen LogP contribution is 2.27. The van der Waals surface area contributed by atoms with Gasteiger partial charge in [0.25, 0.3) is 0 Å². The Morgan fingerprint density at radius 3 is 2.63 bits per heavy atom. The Morgan fingerprint density at radius 2 is 1.95 bits per heavy atom. The van der Waals surface area contributed by atoms with Crippen molar-refractivity contribution in [2.75, 3.05) is 11.4 Å². The molecule has 1 atom stereocenters. The highest BCUT2D eigenvalue weighted by atomic mass is 79.9. The lowest BCUT2D eigenvalue weighted by molar-refractivity contribution is 0.538. The van der Waals surface area contributed by atoms with Crippen molar-refractivity contribution in [1.82, 2.24) is 9.97 Å². The third-order valence-corrected chi connectivity index (χ3v) is 4.11. The predicted molar refractivity (Wildman–Crippen MR) is 83.7 cm³/mol. The molecule has 106 valence electrons. The maximum atomic E-state index is 4.81. The van der Waals surface area contributed by atoms with Crippen molar-refractivity contribution in [3.8, 4) is 0 Å². The van der Waals surface area contributed by atoms with E-state index in [1.54, 1.807) is 0 Å². The van der Waals surface area contributed by atoms with Gasteiger partial charge in [-0.1, -0.05) is 33.6 Å². The standard InChI is InChI=1S/C15H24BrN3/c1-11-8-6-5-7-9-19(11)13-10-12(16)17-14(18-13)15(2,3)4/h10-11H,5-9H2,1-4H3. The molecule has 0 saturated carbocycles. The van der Waals surface area contributed by atoms with Gasteiger partial charge in [0.1, 0.15) is 16.2 Å². The van der Waals surface area contributed by atoms with E-state index >= 15 is 0 Å². The van der Waals surface area contributed by atoms with Crippen LogP contribution in [0.1, 0.15) is 59.2 Å². The number of halogens is 1. The molecule has 1 fully saturated rings. The van der Waals surface area contributed by atoms with Crippen molar-refractivity contribution in [3.05, 3.63) is 16.5 Å². The molecule has 0 amide bonds. The van der Waals surface area contributed by atoms with Crippen molar-refractivity contribution < 1.29 is 0 Å². The molecule has 0 bridgehead atoms. The summed E-state index contributed by atoms with van der Waals surface area (Å²) in [4.78, 5) is 11.8. The maximum absolute atomic E-state index is 4.81. The Balaban J connectivity index is 2.35. The van der Waals surface area contributed by atoms with Crippen LogP contribution in [0.3, 0.4) is 0 Å². The minimum absolute atomic E-state index is 0.0202. The Hall–Kier alpha value is -0.640.